The number of hydrogen-bond acceptors (Lipinski definition) is 7. The van der Waals surface area contributed by atoms with Gasteiger partial charge in [0.25, 0.3) is 21.8 Å². The lowest BCUT2D eigenvalue weighted by Crippen LogP contribution is -2.37. The highest BCUT2D eigenvalue weighted by Crippen LogP contribution is 2.31. The Balaban J connectivity index is 1.34. The predicted molar refractivity (Wildman–Crippen MR) is 147 cm³/mol. The van der Waals surface area contributed by atoms with Crippen LogP contribution in [0.15, 0.2) is 71.6 Å². The van der Waals surface area contributed by atoms with Crippen LogP contribution in [0.3, 0.4) is 0 Å². The van der Waals surface area contributed by atoms with Gasteiger partial charge in [-0.15, -0.1) is 0 Å². The van der Waals surface area contributed by atoms with Crippen LogP contribution >= 0.6 is 11.6 Å². The molecule has 0 saturated carbocycles. The highest BCUT2D eigenvalue weighted by Gasteiger charge is 2.35. The van der Waals surface area contributed by atoms with E-state index >= 15 is 0 Å². The van der Waals surface area contributed by atoms with Gasteiger partial charge in [-0.25, -0.2) is 8.42 Å². The number of nitrogens with zero attached hydrogens (tertiary/aromatic N) is 2. The van der Waals surface area contributed by atoms with Crippen LogP contribution < -0.4 is 14.9 Å². The molecule has 3 aromatic rings. The number of sulfonamides is 1. The molecule has 2 N–H and O–H groups in total. The summed E-state index contributed by atoms with van der Waals surface area (Å²) >= 11 is 5.93. The molecule has 2 heterocycles. The second kappa shape index (κ2) is 11.0. The van der Waals surface area contributed by atoms with Crippen molar-refractivity contribution in [3.05, 3.63) is 82.9 Å². The van der Waals surface area contributed by atoms with E-state index in [-0.39, 0.29) is 23.5 Å². The summed E-state index contributed by atoms with van der Waals surface area (Å²) in [7, 11) is -4.06. The Morgan fingerprint density at radius 1 is 0.897 bits per heavy atom. The normalized spacial score (nSPS) is 15.3. The minimum Gasteiger partial charge on any atom is -0.378 e. The molecule has 12 heteroatoms. The highest BCUT2D eigenvalue weighted by atomic mass is 35.5. The maximum Gasteiger partial charge on any atom is 0.264 e. The summed E-state index contributed by atoms with van der Waals surface area (Å²) in [4.78, 5) is 40.8. The van der Waals surface area contributed by atoms with E-state index < -0.39 is 27.7 Å². The molecule has 0 unspecified atom stereocenters. The molecular weight excluding hydrogens is 544 g/mol. The average molecular weight is 569 g/mol. The van der Waals surface area contributed by atoms with Crippen LogP contribution in [0.1, 0.15) is 27.1 Å². The number of rotatable bonds is 8. The summed E-state index contributed by atoms with van der Waals surface area (Å²) in [5, 5.41) is 3.16. The van der Waals surface area contributed by atoms with Gasteiger partial charge in [-0.05, 0) is 54.6 Å². The number of carbonyl (C=O) groups excluding carboxylic acids is 3. The van der Waals surface area contributed by atoms with E-state index in [2.05, 4.69) is 10.0 Å². The summed E-state index contributed by atoms with van der Waals surface area (Å²) in [6.07, 6.45) is -0.151. The van der Waals surface area contributed by atoms with E-state index in [1.807, 2.05) is 4.90 Å². The van der Waals surface area contributed by atoms with Crippen LogP contribution in [0.5, 0.6) is 0 Å². The number of nitrogens with one attached hydrogen (secondary N) is 2. The Morgan fingerprint density at radius 3 is 2.15 bits per heavy atom. The van der Waals surface area contributed by atoms with E-state index in [1.54, 1.807) is 60.7 Å². The SMILES string of the molecule is O=C(CCN1C(=O)c2ccccc2C1=O)Nc1ccc(N2CCOCC2)c(S(=O)(=O)Nc2ccc(Cl)cc2)c1. The molecule has 3 aromatic carbocycles. The standard InChI is InChI=1S/C27H25ClN4O6S/c28-18-5-7-19(8-6-18)30-39(36,37)24-17-20(9-10-23(24)31-13-15-38-16-14-31)29-25(33)11-12-32-26(34)21-3-1-2-4-22(21)27(32)35/h1-10,17,30H,11-16H2,(H,29,33). The van der Waals surface area contributed by atoms with Gasteiger partial charge < -0.3 is 15.0 Å². The number of morpholine rings is 1. The molecule has 2 aliphatic rings. The Morgan fingerprint density at radius 2 is 1.51 bits per heavy atom. The molecule has 0 spiro atoms. The van der Waals surface area contributed by atoms with Gasteiger partial charge in [-0.2, -0.15) is 0 Å². The quantitative estimate of drug-likeness (QED) is 0.398. The minimum atomic E-state index is -4.06. The maximum atomic E-state index is 13.5. The molecule has 1 saturated heterocycles. The number of imide groups is 1. The van der Waals surface area contributed by atoms with Crippen molar-refractivity contribution in [3.63, 3.8) is 0 Å². The molecule has 10 nitrogen and oxygen atoms in total. The van der Waals surface area contributed by atoms with E-state index in [9.17, 15) is 22.8 Å². The monoisotopic (exact) mass is 568 g/mol. The second-order valence-corrected chi connectivity index (χ2v) is 11.1. The lowest BCUT2D eigenvalue weighted by atomic mass is 10.1. The van der Waals surface area contributed by atoms with Crippen LogP contribution in [-0.2, 0) is 19.6 Å². The van der Waals surface area contributed by atoms with Crippen molar-refractivity contribution in [3.8, 4) is 0 Å². The zero-order valence-corrected chi connectivity index (χ0v) is 22.3. The number of fused-ring (bicyclic) bond motifs is 1. The van der Waals surface area contributed by atoms with Gasteiger partial charge in [0.05, 0.1) is 30.0 Å². The summed E-state index contributed by atoms with van der Waals surface area (Å²) in [5.74, 6) is -1.36. The van der Waals surface area contributed by atoms with E-state index in [4.69, 9.17) is 16.3 Å². The van der Waals surface area contributed by atoms with E-state index in [1.165, 1.54) is 6.07 Å². The fraction of sp³-hybridized carbons (Fsp3) is 0.222. The topological polar surface area (TPSA) is 125 Å². The van der Waals surface area contributed by atoms with Crippen LogP contribution in [0.4, 0.5) is 17.1 Å². The third-order valence-electron chi connectivity index (χ3n) is 6.42. The van der Waals surface area contributed by atoms with Gasteiger partial charge in [-0.3, -0.25) is 24.0 Å². The Hall–Kier alpha value is -3.93. The van der Waals surface area contributed by atoms with Crippen molar-refractivity contribution in [2.75, 3.05) is 47.8 Å². The predicted octanol–water partition coefficient (Wildman–Crippen LogP) is 3.60. The first-order chi connectivity index (χ1) is 18.7. The number of ether oxygens (including phenoxy) is 1. The van der Waals surface area contributed by atoms with Crippen molar-refractivity contribution in [1.82, 2.24) is 4.90 Å². The van der Waals surface area contributed by atoms with Crippen LogP contribution in [-0.4, -0.2) is 63.9 Å². The zero-order chi connectivity index (χ0) is 27.6. The molecule has 39 heavy (non-hydrogen) atoms. The first-order valence-corrected chi connectivity index (χ1v) is 14.1. The molecule has 2 aliphatic heterocycles. The smallest absolute Gasteiger partial charge is 0.264 e. The Bertz CT molecular complexity index is 1500. The molecule has 202 valence electrons. The number of hydrogen-bond donors (Lipinski definition) is 2. The van der Waals surface area contributed by atoms with E-state index in [0.717, 1.165) is 4.90 Å². The second-order valence-electron chi connectivity index (χ2n) is 9.00. The number of carbonyl (C=O) groups is 3. The molecule has 1 fully saturated rings. The van der Waals surface area contributed by atoms with Gasteiger partial charge in [-0.1, -0.05) is 23.7 Å². The van der Waals surface area contributed by atoms with Gasteiger partial charge in [0, 0.05) is 42.5 Å². The van der Waals surface area contributed by atoms with Crippen LogP contribution in [0, 0.1) is 0 Å². The zero-order valence-electron chi connectivity index (χ0n) is 20.7. The number of anilines is 3. The van der Waals surface area contributed by atoms with E-state index in [0.29, 0.717) is 53.8 Å². The lowest BCUT2D eigenvalue weighted by Gasteiger charge is -2.30. The van der Waals surface area contributed by atoms with Crippen molar-refractivity contribution in [2.45, 2.75) is 11.3 Å². The Labute approximate surface area is 230 Å². The first-order valence-electron chi connectivity index (χ1n) is 12.2. The molecule has 0 aromatic heterocycles. The summed E-state index contributed by atoms with van der Waals surface area (Å²) in [6, 6.07) is 17.4. The summed E-state index contributed by atoms with van der Waals surface area (Å²) in [6.45, 7) is 1.83. The fourth-order valence-electron chi connectivity index (χ4n) is 4.48. The highest BCUT2D eigenvalue weighted by molar-refractivity contribution is 7.92. The third-order valence-corrected chi connectivity index (χ3v) is 8.08. The van der Waals surface area contributed by atoms with Crippen LogP contribution in [0.25, 0.3) is 0 Å². The van der Waals surface area contributed by atoms with Crippen molar-refractivity contribution < 1.29 is 27.5 Å². The first kappa shape index (κ1) is 26.7. The average Bonchev–Trinajstić information content (AvgIpc) is 3.18. The Kier molecular flexibility index (Phi) is 7.56. The van der Waals surface area contributed by atoms with Crippen molar-refractivity contribution >= 4 is 56.4 Å². The van der Waals surface area contributed by atoms with Crippen molar-refractivity contribution in [2.24, 2.45) is 0 Å². The third kappa shape index (κ3) is 5.75. The van der Waals surface area contributed by atoms with Crippen LogP contribution in [0.2, 0.25) is 5.02 Å². The maximum absolute atomic E-state index is 13.5. The van der Waals surface area contributed by atoms with Crippen molar-refractivity contribution in [1.29, 1.82) is 0 Å². The summed E-state index contributed by atoms with van der Waals surface area (Å²) in [5.41, 5.74) is 1.69. The lowest BCUT2D eigenvalue weighted by molar-refractivity contribution is -0.116. The molecule has 0 radical (unpaired) electrons. The van der Waals surface area contributed by atoms with Gasteiger partial charge in [0.15, 0.2) is 0 Å². The van der Waals surface area contributed by atoms with Gasteiger partial charge >= 0.3 is 0 Å². The molecule has 0 bridgehead atoms. The summed E-state index contributed by atoms with van der Waals surface area (Å²) < 4.78 is 34.9. The molecule has 3 amide bonds. The fourth-order valence-corrected chi connectivity index (χ4v) is 5.92. The molecule has 0 atom stereocenters. The van der Waals surface area contributed by atoms with Gasteiger partial charge in [0.2, 0.25) is 5.91 Å². The van der Waals surface area contributed by atoms with Gasteiger partial charge in [0.1, 0.15) is 4.90 Å². The minimum absolute atomic E-state index is 0.0162. The largest absolute Gasteiger partial charge is 0.378 e. The number of halogens is 1. The molecule has 0 aliphatic carbocycles. The molecule has 5 rings (SSSR count). The molecular formula is C27H25ClN4O6S. The number of benzene rings is 3. The number of amides is 3.